The maximum Gasteiger partial charge on any atom is 0.0726 e. The van der Waals surface area contributed by atoms with Gasteiger partial charge < -0.3 is 10.1 Å². The van der Waals surface area contributed by atoms with E-state index in [4.69, 9.17) is 4.74 Å². The van der Waals surface area contributed by atoms with Crippen molar-refractivity contribution in [3.63, 3.8) is 0 Å². The normalized spacial score (nSPS) is 44.5. The monoisotopic (exact) mass is 252 g/mol. The molecule has 3 fully saturated rings. The van der Waals surface area contributed by atoms with Crippen LogP contribution in [-0.2, 0) is 4.74 Å². The molecule has 1 saturated carbocycles. The lowest BCUT2D eigenvalue weighted by Crippen LogP contribution is -2.54. The molecule has 3 heteroatoms. The van der Waals surface area contributed by atoms with Gasteiger partial charge in [-0.3, -0.25) is 4.90 Å². The summed E-state index contributed by atoms with van der Waals surface area (Å²) >= 11 is 0. The third kappa shape index (κ3) is 2.45. The Morgan fingerprint density at radius 2 is 1.67 bits per heavy atom. The van der Waals surface area contributed by atoms with Crippen LogP contribution in [0, 0.1) is 0 Å². The number of likely N-dealkylation sites (N-methyl/N-ethyl adjacent to an activating group) is 1. The first-order valence-electron chi connectivity index (χ1n) is 7.78. The molecule has 0 aromatic rings. The quantitative estimate of drug-likeness (QED) is 0.833. The molecular weight excluding hydrogens is 224 g/mol. The highest BCUT2D eigenvalue weighted by Gasteiger charge is 2.39. The molecule has 3 aliphatic rings. The van der Waals surface area contributed by atoms with Gasteiger partial charge in [0.25, 0.3) is 0 Å². The summed E-state index contributed by atoms with van der Waals surface area (Å²) in [5.41, 5.74) is 0. The van der Waals surface area contributed by atoms with Gasteiger partial charge in [0.2, 0.25) is 0 Å². The third-order valence-electron chi connectivity index (χ3n) is 5.52. The standard InChI is InChI=1S/C15H28N2O/c1-17(14-5-3-4-6-15(14)18-2)13-9-11-7-8-12(10-13)16-11/h11-16H,3-10H2,1-2H3. The molecule has 0 spiro atoms. The van der Waals surface area contributed by atoms with E-state index in [1.807, 2.05) is 7.11 Å². The number of ether oxygens (including phenoxy) is 1. The number of rotatable bonds is 3. The first-order valence-corrected chi connectivity index (χ1v) is 7.78. The summed E-state index contributed by atoms with van der Waals surface area (Å²) in [6, 6.07) is 3.03. The smallest absolute Gasteiger partial charge is 0.0726 e. The zero-order valence-corrected chi connectivity index (χ0v) is 11.9. The predicted molar refractivity (Wildman–Crippen MR) is 73.8 cm³/mol. The van der Waals surface area contributed by atoms with Crippen LogP contribution in [0.5, 0.6) is 0 Å². The average Bonchev–Trinajstić information content (AvgIpc) is 2.76. The fourth-order valence-corrected chi connectivity index (χ4v) is 4.45. The molecule has 2 aliphatic heterocycles. The van der Waals surface area contributed by atoms with E-state index in [0.717, 1.165) is 18.1 Å². The lowest BCUT2D eigenvalue weighted by atomic mass is 9.88. The summed E-state index contributed by atoms with van der Waals surface area (Å²) in [5.74, 6) is 0. The summed E-state index contributed by atoms with van der Waals surface area (Å²) in [7, 11) is 4.24. The number of nitrogens with zero attached hydrogens (tertiary/aromatic N) is 1. The van der Waals surface area contributed by atoms with E-state index in [0.29, 0.717) is 12.1 Å². The van der Waals surface area contributed by atoms with E-state index >= 15 is 0 Å². The number of hydrogen-bond donors (Lipinski definition) is 1. The van der Waals surface area contributed by atoms with E-state index in [1.165, 1.54) is 51.4 Å². The molecule has 2 bridgehead atoms. The highest BCUT2D eigenvalue weighted by molar-refractivity contribution is 4.97. The Kier molecular flexibility index (Phi) is 3.92. The van der Waals surface area contributed by atoms with Crippen molar-refractivity contribution >= 4 is 0 Å². The van der Waals surface area contributed by atoms with Gasteiger partial charge in [-0.2, -0.15) is 0 Å². The second-order valence-corrected chi connectivity index (χ2v) is 6.55. The van der Waals surface area contributed by atoms with Gasteiger partial charge in [-0.1, -0.05) is 12.8 Å². The van der Waals surface area contributed by atoms with Crippen LogP contribution >= 0.6 is 0 Å². The Morgan fingerprint density at radius 1 is 1.00 bits per heavy atom. The van der Waals surface area contributed by atoms with Crippen molar-refractivity contribution in [1.29, 1.82) is 0 Å². The fraction of sp³-hybridized carbons (Fsp3) is 1.00. The molecule has 3 rings (SSSR count). The average molecular weight is 252 g/mol. The zero-order valence-electron chi connectivity index (χ0n) is 11.9. The molecule has 2 saturated heterocycles. The second-order valence-electron chi connectivity index (χ2n) is 6.55. The Morgan fingerprint density at radius 3 is 2.33 bits per heavy atom. The fourth-order valence-electron chi connectivity index (χ4n) is 4.45. The Bertz CT molecular complexity index is 272. The van der Waals surface area contributed by atoms with Gasteiger partial charge >= 0.3 is 0 Å². The van der Waals surface area contributed by atoms with Crippen LogP contribution in [0.15, 0.2) is 0 Å². The van der Waals surface area contributed by atoms with Gasteiger partial charge in [-0.15, -0.1) is 0 Å². The highest BCUT2D eigenvalue weighted by atomic mass is 16.5. The first-order chi connectivity index (χ1) is 8.78. The molecule has 4 unspecified atom stereocenters. The van der Waals surface area contributed by atoms with Crippen molar-refractivity contribution < 1.29 is 4.74 Å². The molecule has 2 heterocycles. The van der Waals surface area contributed by atoms with Crippen molar-refractivity contribution in [2.45, 2.75) is 81.6 Å². The minimum atomic E-state index is 0.469. The molecule has 3 nitrogen and oxygen atoms in total. The molecule has 104 valence electrons. The molecule has 4 atom stereocenters. The molecule has 0 radical (unpaired) electrons. The van der Waals surface area contributed by atoms with Crippen molar-refractivity contribution in [3.8, 4) is 0 Å². The molecule has 0 amide bonds. The SMILES string of the molecule is COC1CCCCC1N(C)C1CC2CCC(C1)N2. The van der Waals surface area contributed by atoms with Crippen LogP contribution < -0.4 is 5.32 Å². The second kappa shape index (κ2) is 5.48. The van der Waals surface area contributed by atoms with E-state index in [2.05, 4.69) is 17.3 Å². The minimum Gasteiger partial charge on any atom is -0.380 e. The molecule has 0 aromatic carbocycles. The van der Waals surface area contributed by atoms with Crippen LogP contribution in [0.4, 0.5) is 0 Å². The Labute approximate surface area is 111 Å². The van der Waals surface area contributed by atoms with Gasteiger partial charge in [0, 0.05) is 31.3 Å². The highest BCUT2D eigenvalue weighted by Crippen LogP contribution is 2.33. The van der Waals surface area contributed by atoms with E-state index < -0.39 is 0 Å². The number of hydrogen-bond acceptors (Lipinski definition) is 3. The Hall–Kier alpha value is -0.120. The summed E-state index contributed by atoms with van der Waals surface area (Å²) in [5, 5.41) is 3.75. The van der Waals surface area contributed by atoms with Crippen molar-refractivity contribution in [3.05, 3.63) is 0 Å². The Balaban J connectivity index is 1.64. The van der Waals surface area contributed by atoms with E-state index in [-0.39, 0.29) is 0 Å². The van der Waals surface area contributed by atoms with Crippen molar-refractivity contribution in [2.24, 2.45) is 0 Å². The summed E-state index contributed by atoms with van der Waals surface area (Å²) in [4.78, 5) is 2.67. The van der Waals surface area contributed by atoms with Gasteiger partial charge in [-0.25, -0.2) is 0 Å². The zero-order chi connectivity index (χ0) is 12.5. The topological polar surface area (TPSA) is 24.5 Å². The van der Waals surface area contributed by atoms with Crippen molar-refractivity contribution in [1.82, 2.24) is 10.2 Å². The van der Waals surface area contributed by atoms with E-state index in [9.17, 15) is 0 Å². The summed E-state index contributed by atoms with van der Waals surface area (Å²) < 4.78 is 5.73. The van der Waals surface area contributed by atoms with Crippen molar-refractivity contribution in [2.75, 3.05) is 14.2 Å². The van der Waals surface area contributed by atoms with Crippen LogP contribution in [0.25, 0.3) is 0 Å². The molecule has 1 aliphatic carbocycles. The first kappa shape index (κ1) is 12.9. The van der Waals surface area contributed by atoms with Crippen LogP contribution in [0.3, 0.4) is 0 Å². The van der Waals surface area contributed by atoms with Crippen LogP contribution in [0.2, 0.25) is 0 Å². The number of nitrogens with one attached hydrogen (secondary N) is 1. The largest absolute Gasteiger partial charge is 0.380 e. The maximum absolute atomic E-state index is 5.73. The minimum absolute atomic E-state index is 0.469. The predicted octanol–water partition coefficient (Wildman–Crippen LogP) is 2.16. The molecule has 18 heavy (non-hydrogen) atoms. The molecular formula is C15H28N2O. The number of piperidine rings is 1. The van der Waals surface area contributed by atoms with Crippen LogP contribution in [0.1, 0.15) is 51.4 Å². The van der Waals surface area contributed by atoms with Gasteiger partial charge in [-0.05, 0) is 45.6 Å². The maximum atomic E-state index is 5.73. The number of fused-ring (bicyclic) bond motifs is 2. The lowest BCUT2D eigenvalue weighted by molar-refractivity contribution is -0.0233. The number of methoxy groups -OCH3 is 1. The lowest BCUT2D eigenvalue weighted by Gasteiger charge is -2.44. The van der Waals surface area contributed by atoms with Gasteiger partial charge in [0.05, 0.1) is 6.10 Å². The third-order valence-corrected chi connectivity index (χ3v) is 5.52. The van der Waals surface area contributed by atoms with Crippen LogP contribution in [-0.4, -0.2) is 49.3 Å². The summed E-state index contributed by atoms with van der Waals surface area (Å²) in [6.45, 7) is 0. The molecule has 0 aromatic heterocycles. The van der Waals surface area contributed by atoms with Gasteiger partial charge in [0.1, 0.15) is 0 Å². The van der Waals surface area contributed by atoms with Gasteiger partial charge in [0.15, 0.2) is 0 Å². The van der Waals surface area contributed by atoms with E-state index in [1.54, 1.807) is 0 Å². The summed E-state index contributed by atoms with van der Waals surface area (Å²) in [6.07, 6.45) is 11.3. The molecule has 1 N–H and O–H groups in total.